The highest BCUT2D eigenvalue weighted by atomic mass is 32.2. The molecule has 3 aromatic rings. The van der Waals surface area contributed by atoms with Crippen LogP contribution < -0.4 is 9.47 Å². The highest BCUT2D eigenvalue weighted by Gasteiger charge is 2.12. The summed E-state index contributed by atoms with van der Waals surface area (Å²) < 4.78 is 10.7. The van der Waals surface area contributed by atoms with E-state index in [9.17, 15) is 4.79 Å². The Kier molecular flexibility index (Phi) is 6.24. The zero-order valence-corrected chi connectivity index (χ0v) is 16.5. The van der Waals surface area contributed by atoms with Gasteiger partial charge in [0.25, 0.3) is 0 Å². The first kappa shape index (κ1) is 19.1. The molecule has 0 radical (unpaired) electrons. The lowest BCUT2D eigenvalue weighted by Crippen LogP contribution is -2.27. The number of nitrogens with one attached hydrogen (secondary N) is 1. The standard InChI is InChI=1S/C20H23N3O3S/c1-4-26-16-9-10-17-18(11-16)22-20(21-17)27-13-19(24)23(2)12-14-5-7-15(25-3)8-6-14/h5-11H,4,12-13H2,1-3H3,(H,21,22). The van der Waals surface area contributed by atoms with Crippen molar-refractivity contribution in [1.82, 2.24) is 14.9 Å². The molecule has 0 aliphatic heterocycles. The number of aromatic amines is 1. The topological polar surface area (TPSA) is 67.4 Å². The van der Waals surface area contributed by atoms with Gasteiger partial charge in [0.15, 0.2) is 5.16 Å². The minimum absolute atomic E-state index is 0.0475. The smallest absolute Gasteiger partial charge is 0.233 e. The van der Waals surface area contributed by atoms with Crippen LogP contribution in [0.3, 0.4) is 0 Å². The van der Waals surface area contributed by atoms with Crippen molar-refractivity contribution in [2.24, 2.45) is 0 Å². The monoisotopic (exact) mass is 385 g/mol. The molecule has 0 unspecified atom stereocenters. The first-order valence-corrected chi connectivity index (χ1v) is 9.70. The quantitative estimate of drug-likeness (QED) is 0.599. The molecule has 6 nitrogen and oxygen atoms in total. The second kappa shape index (κ2) is 8.81. The summed E-state index contributed by atoms with van der Waals surface area (Å²) in [4.78, 5) is 21.9. The lowest BCUT2D eigenvalue weighted by Gasteiger charge is -2.17. The summed E-state index contributed by atoms with van der Waals surface area (Å²) in [5.41, 5.74) is 2.83. The Balaban J connectivity index is 1.56. The van der Waals surface area contributed by atoms with E-state index in [1.54, 1.807) is 19.1 Å². The predicted octanol–water partition coefficient (Wildman–Crippen LogP) is 3.72. The van der Waals surface area contributed by atoms with Gasteiger partial charge in [0.1, 0.15) is 11.5 Å². The van der Waals surface area contributed by atoms with E-state index in [-0.39, 0.29) is 5.91 Å². The van der Waals surface area contributed by atoms with Gasteiger partial charge in [0.05, 0.1) is 30.5 Å². The Morgan fingerprint density at radius 2 is 1.93 bits per heavy atom. The third-order valence-electron chi connectivity index (χ3n) is 4.08. The zero-order chi connectivity index (χ0) is 19.2. The fourth-order valence-electron chi connectivity index (χ4n) is 2.62. The van der Waals surface area contributed by atoms with Crippen LogP contribution >= 0.6 is 11.8 Å². The summed E-state index contributed by atoms with van der Waals surface area (Å²) in [6.07, 6.45) is 0. The summed E-state index contributed by atoms with van der Waals surface area (Å²) in [7, 11) is 3.44. The summed E-state index contributed by atoms with van der Waals surface area (Å²) in [6.45, 7) is 3.13. The van der Waals surface area contributed by atoms with Gasteiger partial charge < -0.3 is 19.4 Å². The summed E-state index contributed by atoms with van der Waals surface area (Å²) in [5, 5.41) is 0.727. The van der Waals surface area contributed by atoms with Crippen LogP contribution in [0.4, 0.5) is 0 Å². The van der Waals surface area contributed by atoms with Crippen LogP contribution in [0.5, 0.6) is 11.5 Å². The van der Waals surface area contributed by atoms with Crippen molar-refractivity contribution in [3.8, 4) is 11.5 Å². The molecule has 0 saturated heterocycles. The van der Waals surface area contributed by atoms with E-state index in [2.05, 4.69) is 9.97 Å². The van der Waals surface area contributed by atoms with Crippen LogP contribution in [-0.4, -0.2) is 47.3 Å². The highest BCUT2D eigenvalue weighted by molar-refractivity contribution is 7.99. The number of carbonyl (C=O) groups excluding carboxylic acids is 1. The largest absolute Gasteiger partial charge is 0.497 e. The average Bonchev–Trinajstić information content (AvgIpc) is 3.09. The van der Waals surface area contributed by atoms with Gasteiger partial charge in [-0.05, 0) is 36.8 Å². The number of methoxy groups -OCH3 is 1. The molecule has 1 aromatic heterocycles. The molecule has 142 valence electrons. The number of aromatic nitrogens is 2. The van der Waals surface area contributed by atoms with Gasteiger partial charge >= 0.3 is 0 Å². The molecule has 0 spiro atoms. The summed E-state index contributed by atoms with van der Waals surface area (Å²) in [5.74, 6) is 1.98. The van der Waals surface area contributed by atoms with Crippen LogP contribution in [0.2, 0.25) is 0 Å². The Morgan fingerprint density at radius 3 is 2.63 bits per heavy atom. The number of rotatable bonds is 8. The minimum atomic E-state index is 0.0475. The molecule has 0 aliphatic rings. The van der Waals surface area contributed by atoms with Crippen molar-refractivity contribution in [2.75, 3.05) is 26.5 Å². The number of fused-ring (bicyclic) bond motifs is 1. The molecule has 7 heteroatoms. The van der Waals surface area contributed by atoms with Gasteiger partial charge in [0.2, 0.25) is 5.91 Å². The maximum atomic E-state index is 12.4. The van der Waals surface area contributed by atoms with Gasteiger partial charge in [-0.25, -0.2) is 4.98 Å². The molecule has 27 heavy (non-hydrogen) atoms. The molecule has 1 amide bonds. The fourth-order valence-corrected chi connectivity index (χ4v) is 3.45. The number of imidazole rings is 1. The van der Waals surface area contributed by atoms with Gasteiger partial charge in [-0.2, -0.15) is 0 Å². The minimum Gasteiger partial charge on any atom is -0.497 e. The number of ether oxygens (including phenoxy) is 2. The molecule has 0 aliphatic carbocycles. The van der Waals surface area contributed by atoms with Gasteiger partial charge in [-0.1, -0.05) is 23.9 Å². The molecule has 2 aromatic carbocycles. The summed E-state index contributed by atoms with van der Waals surface area (Å²) >= 11 is 1.40. The number of amides is 1. The SMILES string of the molecule is CCOc1ccc2nc(SCC(=O)N(C)Cc3ccc(OC)cc3)[nH]c2c1. The normalized spacial score (nSPS) is 10.8. The maximum absolute atomic E-state index is 12.4. The van der Waals surface area contributed by atoms with E-state index in [1.165, 1.54) is 11.8 Å². The first-order chi connectivity index (χ1) is 13.1. The van der Waals surface area contributed by atoms with Crippen molar-refractivity contribution in [1.29, 1.82) is 0 Å². The number of H-pyrrole nitrogens is 1. The van der Waals surface area contributed by atoms with Crippen LogP contribution in [0.25, 0.3) is 11.0 Å². The first-order valence-electron chi connectivity index (χ1n) is 8.71. The van der Waals surface area contributed by atoms with Crippen molar-refractivity contribution in [3.05, 3.63) is 48.0 Å². The van der Waals surface area contributed by atoms with Crippen molar-refractivity contribution >= 4 is 28.7 Å². The second-order valence-corrected chi connectivity index (χ2v) is 7.00. The van der Waals surface area contributed by atoms with E-state index in [0.717, 1.165) is 33.3 Å². The maximum Gasteiger partial charge on any atom is 0.233 e. The van der Waals surface area contributed by atoms with E-state index in [1.807, 2.05) is 49.4 Å². The molecule has 3 rings (SSSR count). The third-order valence-corrected chi connectivity index (χ3v) is 4.94. The number of benzene rings is 2. The Labute approximate surface area is 162 Å². The Bertz CT molecular complexity index is 908. The van der Waals surface area contributed by atoms with Crippen LogP contribution in [0, 0.1) is 0 Å². The fraction of sp³-hybridized carbons (Fsp3) is 0.300. The average molecular weight is 385 g/mol. The van der Waals surface area contributed by atoms with Gasteiger partial charge in [0, 0.05) is 19.7 Å². The van der Waals surface area contributed by atoms with Gasteiger partial charge in [-0.3, -0.25) is 4.79 Å². The number of carbonyl (C=O) groups is 1. The molecule has 0 atom stereocenters. The Hall–Kier alpha value is -2.67. The number of thioether (sulfide) groups is 1. The molecule has 1 N–H and O–H groups in total. The molecule has 0 saturated carbocycles. The van der Waals surface area contributed by atoms with Crippen molar-refractivity contribution in [3.63, 3.8) is 0 Å². The lowest BCUT2D eigenvalue weighted by molar-refractivity contribution is -0.127. The van der Waals surface area contributed by atoms with E-state index < -0.39 is 0 Å². The molecular formula is C20H23N3O3S. The van der Waals surface area contributed by atoms with E-state index in [4.69, 9.17) is 9.47 Å². The van der Waals surface area contributed by atoms with E-state index in [0.29, 0.717) is 18.9 Å². The highest BCUT2D eigenvalue weighted by Crippen LogP contribution is 2.23. The van der Waals surface area contributed by atoms with Crippen LogP contribution in [0.15, 0.2) is 47.6 Å². The third kappa shape index (κ3) is 4.95. The molecule has 0 fully saturated rings. The van der Waals surface area contributed by atoms with Gasteiger partial charge in [-0.15, -0.1) is 0 Å². The Morgan fingerprint density at radius 1 is 1.19 bits per heavy atom. The van der Waals surface area contributed by atoms with Crippen LogP contribution in [0.1, 0.15) is 12.5 Å². The van der Waals surface area contributed by atoms with E-state index >= 15 is 0 Å². The number of nitrogens with zero attached hydrogens (tertiary/aromatic N) is 2. The molecular weight excluding hydrogens is 362 g/mol. The molecule has 0 bridgehead atoms. The second-order valence-electron chi connectivity index (χ2n) is 6.04. The lowest BCUT2D eigenvalue weighted by atomic mass is 10.2. The number of hydrogen-bond donors (Lipinski definition) is 1. The number of hydrogen-bond acceptors (Lipinski definition) is 5. The van der Waals surface area contributed by atoms with Crippen LogP contribution in [-0.2, 0) is 11.3 Å². The molecule has 1 heterocycles. The predicted molar refractivity (Wildman–Crippen MR) is 107 cm³/mol. The van der Waals surface area contributed by atoms with Crippen molar-refractivity contribution in [2.45, 2.75) is 18.6 Å². The van der Waals surface area contributed by atoms with Crippen molar-refractivity contribution < 1.29 is 14.3 Å². The zero-order valence-electron chi connectivity index (χ0n) is 15.7. The summed E-state index contributed by atoms with van der Waals surface area (Å²) in [6, 6.07) is 13.5.